The Morgan fingerprint density at radius 1 is 1.56 bits per heavy atom. The minimum atomic E-state index is -0.948. The van der Waals surface area contributed by atoms with Crippen LogP contribution < -0.4 is 5.32 Å². The summed E-state index contributed by atoms with van der Waals surface area (Å²) in [6.07, 6.45) is -0.162. The van der Waals surface area contributed by atoms with Gasteiger partial charge in [0, 0.05) is 12.0 Å². The van der Waals surface area contributed by atoms with Crippen molar-refractivity contribution in [2.75, 3.05) is 13.2 Å². The number of hydrogen-bond donors (Lipinski definition) is 2. The van der Waals surface area contributed by atoms with E-state index in [0.29, 0.717) is 12.1 Å². The highest BCUT2D eigenvalue weighted by molar-refractivity contribution is 5.81. The molecule has 0 aliphatic heterocycles. The third-order valence-electron chi connectivity index (χ3n) is 2.58. The number of amides is 1. The summed E-state index contributed by atoms with van der Waals surface area (Å²) in [6.45, 7) is 11.7. The van der Waals surface area contributed by atoms with Gasteiger partial charge in [0.2, 0.25) is 5.91 Å². The molecule has 0 aromatic rings. The molecule has 1 amide bonds. The van der Waals surface area contributed by atoms with Crippen molar-refractivity contribution in [1.29, 1.82) is 0 Å². The number of aliphatic hydroxyl groups is 1. The molecule has 94 valence electrons. The maximum Gasteiger partial charge on any atom is 0.225 e. The number of aliphatic hydroxyl groups excluding tert-OH is 1. The molecule has 4 nitrogen and oxygen atoms in total. The minimum Gasteiger partial charge on any atom is -0.364 e. The third kappa shape index (κ3) is 5.28. The van der Waals surface area contributed by atoms with Crippen molar-refractivity contribution in [3.05, 3.63) is 12.2 Å². The van der Waals surface area contributed by atoms with Crippen LogP contribution in [0, 0.1) is 5.41 Å². The maximum atomic E-state index is 11.6. The van der Waals surface area contributed by atoms with Crippen LogP contribution in [0.15, 0.2) is 12.2 Å². The molecule has 0 aliphatic carbocycles. The van der Waals surface area contributed by atoms with Crippen molar-refractivity contribution in [3.8, 4) is 0 Å². The monoisotopic (exact) mass is 229 g/mol. The van der Waals surface area contributed by atoms with Gasteiger partial charge in [0.15, 0.2) is 6.29 Å². The number of hydrogen-bond acceptors (Lipinski definition) is 3. The minimum absolute atomic E-state index is 0.00316. The van der Waals surface area contributed by atoms with Gasteiger partial charge in [-0.3, -0.25) is 4.79 Å². The Bertz CT molecular complexity index is 249. The summed E-state index contributed by atoms with van der Waals surface area (Å²) in [5, 5.41) is 12.0. The van der Waals surface area contributed by atoms with Crippen molar-refractivity contribution in [2.24, 2.45) is 5.41 Å². The quantitative estimate of drug-likeness (QED) is 0.394. The maximum absolute atomic E-state index is 11.6. The molecule has 0 aliphatic rings. The van der Waals surface area contributed by atoms with Crippen LogP contribution in [0.4, 0.5) is 0 Å². The Balaban J connectivity index is 3.76. The number of ether oxygens (including phenoxy) is 1. The summed E-state index contributed by atoms with van der Waals surface area (Å²) in [7, 11) is 0. The van der Waals surface area contributed by atoms with E-state index in [9.17, 15) is 9.90 Å². The second kappa shape index (κ2) is 6.66. The SMILES string of the molecule is C=C(C)C(O)OCCNC(=O)C(C)(C)CC. The van der Waals surface area contributed by atoms with E-state index >= 15 is 0 Å². The number of carbonyl (C=O) groups excluding carboxylic acids is 1. The Morgan fingerprint density at radius 3 is 2.56 bits per heavy atom. The average Bonchev–Trinajstić information content (AvgIpc) is 2.23. The zero-order chi connectivity index (χ0) is 12.8. The third-order valence-corrected chi connectivity index (χ3v) is 2.58. The summed E-state index contributed by atoms with van der Waals surface area (Å²) in [4.78, 5) is 11.6. The van der Waals surface area contributed by atoms with Gasteiger partial charge >= 0.3 is 0 Å². The van der Waals surface area contributed by atoms with Crippen molar-refractivity contribution in [2.45, 2.75) is 40.4 Å². The molecule has 4 heteroatoms. The van der Waals surface area contributed by atoms with Crippen molar-refractivity contribution < 1.29 is 14.6 Å². The Morgan fingerprint density at radius 2 is 2.12 bits per heavy atom. The molecule has 1 atom stereocenters. The predicted octanol–water partition coefficient (Wildman–Crippen LogP) is 1.45. The molecule has 0 saturated heterocycles. The summed E-state index contributed by atoms with van der Waals surface area (Å²) in [5.74, 6) is 0.00316. The van der Waals surface area contributed by atoms with Crippen LogP contribution in [0.25, 0.3) is 0 Å². The highest BCUT2D eigenvalue weighted by Crippen LogP contribution is 2.18. The van der Waals surface area contributed by atoms with E-state index in [0.717, 1.165) is 6.42 Å². The summed E-state index contributed by atoms with van der Waals surface area (Å²) >= 11 is 0. The number of nitrogens with one attached hydrogen (secondary N) is 1. The molecule has 16 heavy (non-hydrogen) atoms. The van der Waals surface area contributed by atoms with E-state index in [1.54, 1.807) is 6.92 Å². The zero-order valence-corrected chi connectivity index (χ0v) is 10.7. The molecular weight excluding hydrogens is 206 g/mol. The average molecular weight is 229 g/mol. The number of rotatable bonds is 7. The second-order valence-electron chi connectivity index (χ2n) is 4.56. The van der Waals surface area contributed by atoms with Crippen LogP contribution in [0.1, 0.15) is 34.1 Å². The second-order valence-corrected chi connectivity index (χ2v) is 4.56. The van der Waals surface area contributed by atoms with Gasteiger partial charge in [-0.25, -0.2) is 0 Å². The van der Waals surface area contributed by atoms with Crippen LogP contribution in [-0.4, -0.2) is 30.5 Å². The first kappa shape index (κ1) is 15.1. The fraction of sp³-hybridized carbons (Fsp3) is 0.750. The molecule has 2 N–H and O–H groups in total. The molecular formula is C12H23NO3. The largest absolute Gasteiger partial charge is 0.364 e. The van der Waals surface area contributed by atoms with E-state index in [1.807, 2.05) is 20.8 Å². The van der Waals surface area contributed by atoms with Crippen LogP contribution in [0.2, 0.25) is 0 Å². The van der Waals surface area contributed by atoms with Crippen LogP contribution in [-0.2, 0) is 9.53 Å². The van der Waals surface area contributed by atoms with Gasteiger partial charge in [0.1, 0.15) is 0 Å². The van der Waals surface area contributed by atoms with Gasteiger partial charge in [-0.1, -0.05) is 27.4 Å². The molecule has 0 rings (SSSR count). The van der Waals surface area contributed by atoms with Crippen molar-refractivity contribution >= 4 is 5.91 Å². The highest BCUT2D eigenvalue weighted by atomic mass is 16.6. The summed E-state index contributed by atoms with van der Waals surface area (Å²) < 4.78 is 5.04. The van der Waals surface area contributed by atoms with Gasteiger partial charge in [-0.15, -0.1) is 0 Å². The van der Waals surface area contributed by atoms with E-state index < -0.39 is 6.29 Å². The summed E-state index contributed by atoms with van der Waals surface area (Å²) in [6, 6.07) is 0. The van der Waals surface area contributed by atoms with Gasteiger partial charge in [-0.2, -0.15) is 0 Å². The van der Waals surface area contributed by atoms with Crippen LogP contribution in [0.3, 0.4) is 0 Å². The molecule has 0 saturated carbocycles. The Labute approximate surface area is 97.7 Å². The molecule has 1 unspecified atom stereocenters. The lowest BCUT2D eigenvalue weighted by Gasteiger charge is -2.21. The first-order valence-corrected chi connectivity index (χ1v) is 5.54. The molecule has 0 radical (unpaired) electrons. The van der Waals surface area contributed by atoms with E-state index in [1.165, 1.54) is 0 Å². The molecule has 0 aromatic heterocycles. The smallest absolute Gasteiger partial charge is 0.225 e. The Kier molecular flexibility index (Phi) is 6.29. The van der Waals surface area contributed by atoms with Gasteiger partial charge < -0.3 is 15.2 Å². The molecule has 0 heterocycles. The topological polar surface area (TPSA) is 58.6 Å². The van der Waals surface area contributed by atoms with E-state index in [2.05, 4.69) is 11.9 Å². The lowest BCUT2D eigenvalue weighted by atomic mass is 9.89. The normalized spacial score (nSPS) is 13.3. The zero-order valence-electron chi connectivity index (χ0n) is 10.7. The van der Waals surface area contributed by atoms with Crippen LogP contribution in [0.5, 0.6) is 0 Å². The van der Waals surface area contributed by atoms with Crippen molar-refractivity contribution in [1.82, 2.24) is 5.32 Å². The lowest BCUT2D eigenvalue weighted by Crippen LogP contribution is -2.38. The Hall–Kier alpha value is -0.870. The summed E-state index contributed by atoms with van der Waals surface area (Å²) in [5.41, 5.74) is 0.202. The highest BCUT2D eigenvalue weighted by Gasteiger charge is 2.24. The molecule has 0 spiro atoms. The van der Waals surface area contributed by atoms with Gasteiger partial charge in [0.05, 0.1) is 6.61 Å². The first-order chi connectivity index (χ1) is 7.31. The molecule has 0 bridgehead atoms. The molecule has 0 aromatic carbocycles. The fourth-order valence-electron chi connectivity index (χ4n) is 0.877. The number of carbonyl (C=O) groups is 1. The lowest BCUT2D eigenvalue weighted by molar-refractivity contribution is -0.130. The first-order valence-electron chi connectivity index (χ1n) is 5.54. The van der Waals surface area contributed by atoms with E-state index in [4.69, 9.17) is 4.74 Å². The molecule has 0 fully saturated rings. The van der Waals surface area contributed by atoms with Gasteiger partial charge in [-0.05, 0) is 18.9 Å². The van der Waals surface area contributed by atoms with Crippen molar-refractivity contribution in [3.63, 3.8) is 0 Å². The predicted molar refractivity (Wildman–Crippen MR) is 63.9 cm³/mol. The van der Waals surface area contributed by atoms with E-state index in [-0.39, 0.29) is 17.9 Å². The fourth-order valence-corrected chi connectivity index (χ4v) is 0.877. The van der Waals surface area contributed by atoms with Gasteiger partial charge in [0.25, 0.3) is 0 Å². The van der Waals surface area contributed by atoms with Crippen LogP contribution >= 0.6 is 0 Å². The standard InChI is InChI=1S/C12H23NO3/c1-6-12(4,5)11(15)13-7-8-16-10(14)9(2)3/h10,14H,2,6-8H2,1,3-5H3,(H,13,15).